The molecule has 2 heterocycles. The summed E-state index contributed by atoms with van der Waals surface area (Å²) in [5, 5.41) is 1.77. The zero-order chi connectivity index (χ0) is 19.9. The lowest BCUT2D eigenvalue weighted by molar-refractivity contribution is -0.344. The van der Waals surface area contributed by atoms with Crippen LogP contribution in [0.2, 0.25) is 5.02 Å². The van der Waals surface area contributed by atoms with Crippen molar-refractivity contribution in [1.29, 1.82) is 0 Å². The number of benzene rings is 2. The largest absolute Gasteiger partial charge is 0.368 e. The van der Waals surface area contributed by atoms with E-state index < -0.39 is 10.0 Å². The van der Waals surface area contributed by atoms with Crippen LogP contribution in [0.15, 0.2) is 53.6 Å². The molecule has 0 spiro atoms. The molecule has 0 saturated carbocycles. The summed E-state index contributed by atoms with van der Waals surface area (Å²) in [7, 11) is -3.47. The van der Waals surface area contributed by atoms with Crippen LogP contribution in [0.1, 0.15) is 11.1 Å². The number of aromatic amines is 1. The first-order valence-corrected chi connectivity index (χ1v) is 11.1. The van der Waals surface area contributed by atoms with Gasteiger partial charge in [0.15, 0.2) is 6.20 Å². The first-order chi connectivity index (χ1) is 13.4. The minimum absolute atomic E-state index is 0.374. The summed E-state index contributed by atoms with van der Waals surface area (Å²) in [6.45, 7) is 6.14. The number of fused-ring (bicyclic) bond motifs is 1. The number of H-pyrrole nitrogens is 1. The normalized spacial score (nSPS) is 15.9. The lowest BCUT2D eigenvalue weighted by Crippen LogP contribution is -2.48. The number of hydrogen-bond donors (Lipinski definition) is 0. The van der Waals surface area contributed by atoms with E-state index >= 15 is 0 Å². The Hall–Kier alpha value is -2.15. The molecule has 1 saturated heterocycles. The highest BCUT2D eigenvalue weighted by Crippen LogP contribution is 2.28. The Bertz CT molecular complexity index is 1140. The van der Waals surface area contributed by atoms with Crippen molar-refractivity contribution in [3.63, 3.8) is 0 Å². The molecule has 4 rings (SSSR count). The predicted molar refractivity (Wildman–Crippen MR) is 112 cm³/mol. The number of piperazine rings is 1. The van der Waals surface area contributed by atoms with Gasteiger partial charge in [-0.2, -0.15) is 4.31 Å². The first-order valence-electron chi connectivity index (χ1n) is 9.28. The molecule has 2 aromatic carbocycles. The number of nitrogens with one attached hydrogen (secondary N) is 1. The van der Waals surface area contributed by atoms with Crippen molar-refractivity contribution in [3.8, 4) is 0 Å². The van der Waals surface area contributed by atoms with Gasteiger partial charge in [0.1, 0.15) is 0 Å². The number of hydrogen-bond acceptors (Lipinski definition) is 3. The molecule has 1 aliphatic rings. The quantitative estimate of drug-likeness (QED) is 0.657. The molecular weight excluding hydrogens is 394 g/mol. The van der Waals surface area contributed by atoms with E-state index in [0.717, 1.165) is 27.7 Å². The fourth-order valence-corrected chi connectivity index (χ4v) is 5.31. The smallest absolute Gasteiger partial charge is 0.243 e. The van der Waals surface area contributed by atoms with Gasteiger partial charge in [0.25, 0.3) is 0 Å². The third kappa shape index (κ3) is 3.48. The highest BCUT2D eigenvalue weighted by atomic mass is 35.5. The number of rotatable bonds is 3. The molecule has 28 heavy (non-hydrogen) atoms. The van der Waals surface area contributed by atoms with Crippen molar-refractivity contribution in [2.24, 2.45) is 0 Å². The first kappa shape index (κ1) is 19.2. The van der Waals surface area contributed by atoms with Crippen LogP contribution in [0.25, 0.3) is 10.9 Å². The van der Waals surface area contributed by atoms with Gasteiger partial charge in [0.05, 0.1) is 16.0 Å². The molecule has 1 aromatic heterocycles. The average Bonchev–Trinajstić information content (AvgIpc) is 2.69. The molecule has 146 valence electrons. The fraction of sp³-hybridized carbons (Fsp3) is 0.286. The lowest BCUT2D eigenvalue weighted by Gasteiger charge is -2.35. The van der Waals surface area contributed by atoms with Crippen LogP contribution in [0.5, 0.6) is 0 Å². The summed E-state index contributed by atoms with van der Waals surface area (Å²) < 4.78 is 27.6. The van der Waals surface area contributed by atoms with E-state index in [2.05, 4.69) is 9.88 Å². The molecule has 7 heteroatoms. The van der Waals surface area contributed by atoms with Crippen molar-refractivity contribution in [3.05, 3.63) is 64.8 Å². The summed E-state index contributed by atoms with van der Waals surface area (Å²) in [5.41, 5.74) is 4.14. The monoisotopic (exact) mass is 416 g/mol. The standard InChI is InChI=1S/C21H22ClN3O2S/c1-15-3-5-18(13-16(15)2)28(26,27)25-11-9-24(10-12-25)21-7-8-23-20-14-17(22)4-6-19(20)21/h3-8,13-14H,9-12H2,1-2H3/p+1. The van der Waals surface area contributed by atoms with Crippen LogP contribution in [0.4, 0.5) is 5.69 Å². The SMILES string of the molecule is Cc1ccc(S(=O)(=O)N2CCN(c3cc[nH+]c4cc(Cl)ccc34)CC2)cc1C. The number of aromatic nitrogens is 1. The summed E-state index contributed by atoms with van der Waals surface area (Å²) in [6.07, 6.45) is 1.90. The molecule has 3 aromatic rings. The van der Waals surface area contributed by atoms with Gasteiger partial charge in [0.2, 0.25) is 15.5 Å². The maximum absolute atomic E-state index is 13.0. The molecular formula is C21H23ClN3O2S+. The zero-order valence-electron chi connectivity index (χ0n) is 15.9. The van der Waals surface area contributed by atoms with E-state index in [-0.39, 0.29) is 0 Å². The number of anilines is 1. The van der Waals surface area contributed by atoms with Crippen molar-refractivity contribution in [2.45, 2.75) is 18.7 Å². The van der Waals surface area contributed by atoms with Crippen molar-refractivity contribution in [2.75, 3.05) is 31.1 Å². The minimum Gasteiger partial charge on any atom is -0.368 e. The predicted octanol–water partition coefficient (Wildman–Crippen LogP) is 3.44. The molecule has 1 fully saturated rings. The Labute approximate surface area is 170 Å². The third-order valence-corrected chi connectivity index (χ3v) is 7.56. The van der Waals surface area contributed by atoms with Crippen molar-refractivity contribution < 1.29 is 13.4 Å². The Morgan fingerprint density at radius 2 is 1.68 bits per heavy atom. The maximum Gasteiger partial charge on any atom is 0.243 e. The highest BCUT2D eigenvalue weighted by molar-refractivity contribution is 7.89. The second-order valence-electron chi connectivity index (χ2n) is 7.19. The van der Waals surface area contributed by atoms with Gasteiger partial charge in [-0.3, -0.25) is 0 Å². The Kier molecular flexibility index (Phi) is 5.04. The van der Waals surface area contributed by atoms with E-state index in [1.807, 2.05) is 50.4 Å². The molecule has 0 unspecified atom stereocenters. The Morgan fingerprint density at radius 3 is 2.39 bits per heavy atom. The van der Waals surface area contributed by atoms with Crippen molar-refractivity contribution >= 4 is 38.2 Å². The molecule has 0 bridgehead atoms. The van der Waals surface area contributed by atoms with Crippen LogP contribution in [0.3, 0.4) is 0 Å². The molecule has 0 aliphatic carbocycles. The van der Waals surface area contributed by atoms with Gasteiger partial charge in [-0.15, -0.1) is 0 Å². The third-order valence-electron chi connectivity index (χ3n) is 5.43. The summed E-state index contributed by atoms with van der Waals surface area (Å²) in [6, 6.07) is 13.2. The number of sulfonamides is 1. The van der Waals surface area contributed by atoms with Crippen LogP contribution >= 0.6 is 11.6 Å². The lowest BCUT2D eigenvalue weighted by atomic mass is 10.1. The number of halogens is 1. The Morgan fingerprint density at radius 1 is 0.929 bits per heavy atom. The van der Waals surface area contributed by atoms with Gasteiger partial charge in [0, 0.05) is 43.3 Å². The number of aryl methyl sites for hydroxylation is 2. The molecule has 0 atom stereocenters. The van der Waals surface area contributed by atoms with Gasteiger partial charge in [-0.25, -0.2) is 13.4 Å². The summed E-state index contributed by atoms with van der Waals surface area (Å²) in [4.78, 5) is 5.82. The van der Waals surface area contributed by atoms with E-state index in [1.54, 1.807) is 16.4 Å². The number of pyridine rings is 1. The fourth-order valence-electron chi connectivity index (χ4n) is 3.63. The molecule has 1 N–H and O–H groups in total. The van der Waals surface area contributed by atoms with Crippen LogP contribution in [-0.4, -0.2) is 38.9 Å². The van der Waals surface area contributed by atoms with E-state index in [9.17, 15) is 8.42 Å². The van der Waals surface area contributed by atoms with Gasteiger partial charge in [-0.1, -0.05) is 17.7 Å². The maximum atomic E-state index is 13.0. The number of nitrogens with zero attached hydrogens (tertiary/aromatic N) is 2. The summed E-state index contributed by atoms with van der Waals surface area (Å²) in [5.74, 6) is 0. The van der Waals surface area contributed by atoms with Gasteiger partial charge >= 0.3 is 0 Å². The minimum atomic E-state index is -3.47. The molecule has 1 aliphatic heterocycles. The second kappa shape index (κ2) is 7.35. The van der Waals surface area contributed by atoms with Crippen LogP contribution in [-0.2, 0) is 10.0 Å². The molecule has 5 nitrogen and oxygen atoms in total. The molecule has 0 radical (unpaired) electrons. The zero-order valence-corrected chi connectivity index (χ0v) is 17.5. The highest BCUT2D eigenvalue weighted by Gasteiger charge is 2.29. The second-order valence-corrected chi connectivity index (χ2v) is 9.56. The van der Waals surface area contributed by atoms with E-state index in [0.29, 0.717) is 36.1 Å². The summed E-state index contributed by atoms with van der Waals surface area (Å²) >= 11 is 6.10. The van der Waals surface area contributed by atoms with E-state index in [1.165, 1.54) is 0 Å². The average molecular weight is 417 g/mol. The van der Waals surface area contributed by atoms with Gasteiger partial charge < -0.3 is 4.90 Å². The van der Waals surface area contributed by atoms with E-state index in [4.69, 9.17) is 11.6 Å². The van der Waals surface area contributed by atoms with Crippen molar-refractivity contribution in [1.82, 2.24) is 4.31 Å². The van der Waals surface area contributed by atoms with Gasteiger partial charge in [-0.05, 0) is 49.2 Å². The molecule has 0 amide bonds. The Balaban J connectivity index is 1.56. The van der Waals surface area contributed by atoms with Crippen LogP contribution < -0.4 is 9.88 Å². The topological polar surface area (TPSA) is 54.8 Å². The van der Waals surface area contributed by atoms with Crippen LogP contribution in [0, 0.1) is 13.8 Å².